The molecule has 160 valence electrons. The summed E-state index contributed by atoms with van der Waals surface area (Å²) >= 11 is 0. The number of hydrogen-bond acceptors (Lipinski definition) is 2. The van der Waals surface area contributed by atoms with Crippen molar-refractivity contribution in [2.45, 2.75) is 16.7 Å². The average Bonchev–Trinajstić information content (AvgIpc) is 2.92. The van der Waals surface area contributed by atoms with Crippen LogP contribution in [0.1, 0.15) is 39.3 Å². The predicted octanol–water partition coefficient (Wildman–Crippen LogP) is 6.75. The molecule has 7 rings (SSSR count). The van der Waals surface area contributed by atoms with Gasteiger partial charge in [-0.05, 0) is 33.4 Å². The molecule has 4 aromatic carbocycles. The summed E-state index contributed by atoms with van der Waals surface area (Å²) in [6, 6.07) is 42.1. The standard InChI is InChI=1S/C32H22N2/c33-21-31-25-15-7-9-17-27(25)32(22-34,28-18-10-8-16-26(28)31)30(24-13-5-2-6-14-24)29(31)20-19-23-11-3-1-4-12-23/h1-20,29-30H/b20-19+/t29-,30-,31?,32?/m1/s1. The molecule has 0 fully saturated rings. The van der Waals surface area contributed by atoms with E-state index in [4.69, 9.17) is 0 Å². The van der Waals surface area contributed by atoms with Gasteiger partial charge < -0.3 is 0 Å². The van der Waals surface area contributed by atoms with Gasteiger partial charge in [-0.2, -0.15) is 10.5 Å². The lowest BCUT2D eigenvalue weighted by Crippen LogP contribution is -2.57. The summed E-state index contributed by atoms with van der Waals surface area (Å²) in [7, 11) is 0. The Kier molecular flexibility index (Phi) is 4.51. The smallest absolute Gasteiger partial charge is 0.115 e. The molecular weight excluding hydrogens is 412 g/mol. The third kappa shape index (κ3) is 2.49. The van der Waals surface area contributed by atoms with Crippen LogP contribution in [-0.2, 0) is 10.8 Å². The summed E-state index contributed by atoms with van der Waals surface area (Å²) < 4.78 is 0. The maximum atomic E-state index is 11.0. The molecule has 0 radical (unpaired) electrons. The van der Waals surface area contributed by atoms with Crippen molar-refractivity contribution in [1.29, 1.82) is 10.5 Å². The van der Waals surface area contributed by atoms with Crippen molar-refractivity contribution in [3.05, 3.63) is 149 Å². The van der Waals surface area contributed by atoms with Crippen LogP contribution in [-0.4, -0.2) is 0 Å². The van der Waals surface area contributed by atoms with E-state index in [0.29, 0.717) is 0 Å². The van der Waals surface area contributed by atoms with Gasteiger partial charge in [-0.25, -0.2) is 0 Å². The third-order valence-electron chi connectivity index (χ3n) is 7.69. The molecule has 2 nitrogen and oxygen atoms in total. The highest BCUT2D eigenvalue weighted by Gasteiger charge is 2.66. The van der Waals surface area contributed by atoms with E-state index >= 15 is 0 Å². The lowest BCUT2D eigenvalue weighted by atomic mass is 9.41. The fourth-order valence-corrected chi connectivity index (χ4v) is 6.38. The zero-order valence-electron chi connectivity index (χ0n) is 18.6. The Morgan fingerprint density at radius 1 is 0.559 bits per heavy atom. The minimum Gasteiger partial charge on any atom is -0.197 e. The van der Waals surface area contributed by atoms with Gasteiger partial charge in [-0.3, -0.25) is 0 Å². The lowest BCUT2D eigenvalue weighted by molar-refractivity contribution is 0.264. The SMILES string of the molecule is N#CC12c3ccccc3C(C#N)(c3ccccc31)[C@H](c1ccccc1)[C@H]2/C=C/c1ccccc1. The van der Waals surface area contributed by atoms with Crippen molar-refractivity contribution in [3.8, 4) is 12.1 Å². The normalized spacial score (nSPS) is 26.3. The molecule has 4 aromatic rings. The molecule has 0 spiro atoms. The zero-order chi connectivity index (χ0) is 23.2. The van der Waals surface area contributed by atoms with E-state index in [0.717, 1.165) is 33.4 Å². The molecule has 2 atom stereocenters. The molecule has 3 aliphatic rings. The highest BCUT2D eigenvalue weighted by molar-refractivity contribution is 5.73. The fourth-order valence-electron chi connectivity index (χ4n) is 6.38. The number of benzene rings is 4. The molecule has 0 aromatic heterocycles. The van der Waals surface area contributed by atoms with Gasteiger partial charge in [0.05, 0.1) is 12.1 Å². The topological polar surface area (TPSA) is 47.6 Å². The van der Waals surface area contributed by atoms with E-state index in [-0.39, 0.29) is 11.8 Å². The van der Waals surface area contributed by atoms with Crippen LogP contribution in [0.5, 0.6) is 0 Å². The Morgan fingerprint density at radius 3 is 1.50 bits per heavy atom. The highest BCUT2D eigenvalue weighted by atomic mass is 14.7. The van der Waals surface area contributed by atoms with Crippen LogP contribution < -0.4 is 0 Å². The largest absolute Gasteiger partial charge is 0.197 e. The van der Waals surface area contributed by atoms with E-state index in [2.05, 4.69) is 48.6 Å². The summed E-state index contributed by atoms with van der Waals surface area (Å²) in [6.07, 6.45) is 4.28. The van der Waals surface area contributed by atoms with Crippen molar-refractivity contribution < 1.29 is 0 Å². The molecule has 0 saturated heterocycles. The van der Waals surface area contributed by atoms with Crippen molar-refractivity contribution in [2.75, 3.05) is 0 Å². The molecule has 0 unspecified atom stereocenters. The molecule has 0 aliphatic heterocycles. The fraction of sp³-hybridized carbons (Fsp3) is 0.125. The van der Waals surface area contributed by atoms with E-state index in [1.807, 2.05) is 84.9 Å². The molecule has 34 heavy (non-hydrogen) atoms. The summed E-state index contributed by atoms with van der Waals surface area (Å²) in [5.74, 6) is -0.423. The lowest BCUT2D eigenvalue weighted by Gasteiger charge is -2.58. The van der Waals surface area contributed by atoms with Crippen molar-refractivity contribution in [3.63, 3.8) is 0 Å². The molecule has 2 heteroatoms. The monoisotopic (exact) mass is 434 g/mol. The molecule has 3 aliphatic carbocycles. The van der Waals surface area contributed by atoms with Crippen LogP contribution in [0.15, 0.2) is 115 Å². The molecular formula is C32H22N2. The predicted molar refractivity (Wildman–Crippen MR) is 134 cm³/mol. The highest BCUT2D eigenvalue weighted by Crippen LogP contribution is 2.67. The van der Waals surface area contributed by atoms with Crippen LogP contribution >= 0.6 is 0 Å². The zero-order valence-corrected chi connectivity index (χ0v) is 18.6. The summed E-state index contributed by atoms with van der Waals surface area (Å²) in [6.45, 7) is 0. The Labute approximate surface area is 200 Å². The average molecular weight is 435 g/mol. The first-order valence-corrected chi connectivity index (χ1v) is 11.6. The van der Waals surface area contributed by atoms with Gasteiger partial charge in [0, 0.05) is 11.8 Å². The molecule has 0 saturated carbocycles. The van der Waals surface area contributed by atoms with Gasteiger partial charge in [0.25, 0.3) is 0 Å². The number of rotatable bonds is 3. The number of fused-ring (bicyclic) bond motifs is 1. The number of nitriles is 2. The van der Waals surface area contributed by atoms with Crippen molar-refractivity contribution in [2.24, 2.45) is 5.92 Å². The molecule has 0 heterocycles. The van der Waals surface area contributed by atoms with E-state index in [1.165, 1.54) is 0 Å². The van der Waals surface area contributed by atoms with Gasteiger partial charge in [-0.1, -0.05) is 121 Å². The second kappa shape index (κ2) is 7.58. The summed E-state index contributed by atoms with van der Waals surface area (Å²) in [4.78, 5) is 0. The minimum absolute atomic E-state index is 0.205. The minimum atomic E-state index is -0.891. The van der Waals surface area contributed by atoms with Gasteiger partial charge in [0.15, 0.2) is 0 Å². The second-order valence-electron chi connectivity index (χ2n) is 9.11. The molecule has 0 amide bonds. The van der Waals surface area contributed by atoms with Crippen molar-refractivity contribution in [1.82, 2.24) is 0 Å². The van der Waals surface area contributed by atoms with Crippen LogP contribution in [0.3, 0.4) is 0 Å². The summed E-state index contributed by atoms with van der Waals surface area (Å²) in [5.41, 5.74) is 4.19. The van der Waals surface area contributed by atoms with Gasteiger partial charge in [0.2, 0.25) is 0 Å². The second-order valence-corrected chi connectivity index (χ2v) is 9.11. The maximum Gasteiger partial charge on any atom is 0.115 e. The summed E-state index contributed by atoms with van der Waals surface area (Å²) in [5, 5.41) is 22.0. The first-order chi connectivity index (χ1) is 16.8. The third-order valence-corrected chi connectivity index (χ3v) is 7.69. The van der Waals surface area contributed by atoms with Crippen molar-refractivity contribution >= 4 is 6.08 Å². The Bertz CT molecular complexity index is 1440. The Morgan fingerprint density at radius 2 is 1.00 bits per heavy atom. The van der Waals surface area contributed by atoms with E-state index in [9.17, 15) is 10.5 Å². The number of allylic oxidation sites excluding steroid dienone is 1. The maximum absolute atomic E-state index is 11.0. The van der Waals surface area contributed by atoms with E-state index < -0.39 is 10.8 Å². The van der Waals surface area contributed by atoms with Crippen LogP contribution in [0, 0.1) is 28.6 Å². The first-order valence-electron chi connectivity index (χ1n) is 11.6. The van der Waals surface area contributed by atoms with E-state index in [1.54, 1.807) is 0 Å². The van der Waals surface area contributed by atoms with Gasteiger partial charge in [0.1, 0.15) is 10.8 Å². The molecule has 0 N–H and O–H groups in total. The number of nitrogens with zero attached hydrogens (tertiary/aromatic N) is 2. The van der Waals surface area contributed by atoms with Crippen LogP contribution in [0.4, 0.5) is 0 Å². The molecule has 2 bridgehead atoms. The Balaban J connectivity index is 1.74. The first kappa shape index (κ1) is 20.2. The quantitative estimate of drug-likeness (QED) is 0.358. The van der Waals surface area contributed by atoms with Gasteiger partial charge in [-0.15, -0.1) is 0 Å². The van der Waals surface area contributed by atoms with Crippen LogP contribution in [0.2, 0.25) is 0 Å². The number of hydrogen-bond donors (Lipinski definition) is 0. The van der Waals surface area contributed by atoms with Crippen LogP contribution in [0.25, 0.3) is 6.08 Å². The van der Waals surface area contributed by atoms with Gasteiger partial charge >= 0.3 is 0 Å². The Hall–Kier alpha value is -4.40.